The molecule has 1 radical (unpaired) electrons. The first-order chi connectivity index (χ1) is 3.60. The third-order valence-electron chi connectivity index (χ3n) is 2.49. The van der Waals surface area contributed by atoms with Crippen molar-refractivity contribution < 1.29 is 4.79 Å². The molecule has 0 aliphatic heterocycles. The van der Waals surface area contributed by atoms with E-state index in [9.17, 15) is 4.79 Å². The third kappa shape index (κ3) is 0.504. The Morgan fingerprint density at radius 3 is 1.88 bits per heavy atom. The molecule has 1 fully saturated rings. The van der Waals surface area contributed by atoms with Gasteiger partial charge in [0.05, 0.1) is 0 Å². The van der Waals surface area contributed by atoms with Crippen LogP contribution in [-0.2, 0) is 4.79 Å². The molecule has 2 unspecified atom stereocenters. The van der Waals surface area contributed by atoms with Crippen LogP contribution in [0.3, 0.4) is 0 Å². The van der Waals surface area contributed by atoms with Crippen LogP contribution < -0.4 is 0 Å². The molecule has 0 aromatic carbocycles. The van der Waals surface area contributed by atoms with Crippen molar-refractivity contribution >= 4 is 6.29 Å². The maximum absolute atomic E-state index is 10.1. The lowest BCUT2D eigenvalue weighted by Crippen LogP contribution is -1.89. The van der Waals surface area contributed by atoms with Gasteiger partial charge in [-0.1, -0.05) is 20.8 Å². The number of rotatable bonds is 1. The van der Waals surface area contributed by atoms with E-state index in [1.165, 1.54) is 0 Å². The lowest BCUT2D eigenvalue weighted by atomic mass is 10.1. The minimum atomic E-state index is 0.211. The van der Waals surface area contributed by atoms with Gasteiger partial charge in [-0.2, -0.15) is 0 Å². The molecule has 45 valence electrons. The summed E-state index contributed by atoms with van der Waals surface area (Å²) in [5.74, 6) is 0.766. The fraction of sp³-hybridized carbons (Fsp3) is 0.857. The van der Waals surface area contributed by atoms with Gasteiger partial charge >= 0.3 is 0 Å². The summed E-state index contributed by atoms with van der Waals surface area (Å²) >= 11 is 0. The van der Waals surface area contributed by atoms with Gasteiger partial charge in [0.2, 0.25) is 6.29 Å². The van der Waals surface area contributed by atoms with Gasteiger partial charge < -0.3 is 0 Å². The van der Waals surface area contributed by atoms with E-state index in [-0.39, 0.29) is 11.3 Å². The molecule has 0 aromatic rings. The molecule has 0 bridgehead atoms. The van der Waals surface area contributed by atoms with Crippen molar-refractivity contribution in [3.8, 4) is 0 Å². The van der Waals surface area contributed by atoms with Gasteiger partial charge in [0.1, 0.15) is 0 Å². The Balaban J connectivity index is 2.57. The highest BCUT2D eigenvalue weighted by Crippen LogP contribution is 2.56. The van der Waals surface area contributed by atoms with Crippen LogP contribution in [0.4, 0.5) is 0 Å². The van der Waals surface area contributed by atoms with Gasteiger partial charge in [-0.05, 0) is 11.3 Å². The minimum Gasteiger partial charge on any atom is -0.291 e. The predicted molar refractivity (Wildman–Crippen MR) is 32.1 cm³/mol. The first-order valence-electron chi connectivity index (χ1n) is 2.98. The zero-order valence-corrected chi connectivity index (χ0v) is 5.56. The average molecular weight is 111 g/mol. The fourth-order valence-corrected chi connectivity index (χ4v) is 1.15. The zero-order valence-electron chi connectivity index (χ0n) is 5.56. The predicted octanol–water partition coefficient (Wildman–Crippen LogP) is 1.39. The number of carbonyl (C=O) groups excluding carboxylic acids is 1. The quantitative estimate of drug-likeness (QED) is 0.499. The summed E-state index contributed by atoms with van der Waals surface area (Å²) in [5, 5.41) is 0. The van der Waals surface area contributed by atoms with Crippen LogP contribution in [-0.4, -0.2) is 6.29 Å². The van der Waals surface area contributed by atoms with Gasteiger partial charge in [0, 0.05) is 5.92 Å². The maximum Gasteiger partial charge on any atom is 0.202 e. The maximum atomic E-state index is 10.1. The molecule has 0 amide bonds. The lowest BCUT2D eigenvalue weighted by Gasteiger charge is -1.93. The van der Waals surface area contributed by atoms with Crippen molar-refractivity contribution in [2.45, 2.75) is 20.8 Å². The number of hydrogen-bond donors (Lipinski definition) is 0. The van der Waals surface area contributed by atoms with E-state index in [4.69, 9.17) is 0 Å². The van der Waals surface area contributed by atoms with Gasteiger partial charge in [-0.3, -0.25) is 4.79 Å². The van der Waals surface area contributed by atoms with Crippen LogP contribution in [0.25, 0.3) is 0 Å². The molecule has 0 saturated heterocycles. The van der Waals surface area contributed by atoms with E-state index >= 15 is 0 Å². The Kier molecular flexibility index (Phi) is 0.969. The SMILES string of the molecule is CC1C([C]=O)C1(C)C. The normalized spacial score (nSPS) is 41.4. The van der Waals surface area contributed by atoms with Crippen LogP contribution in [0.2, 0.25) is 0 Å². The van der Waals surface area contributed by atoms with E-state index in [1.54, 1.807) is 0 Å². The topological polar surface area (TPSA) is 17.1 Å². The smallest absolute Gasteiger partial charge is 0.202 e. The summed E-state index contributed by atoms with van der Waals surface area (Å²) in [6.45, 7) is 6.30. The molecule has 0 heterocycles. The van der Waals surface area contributed by atoms with Gasteiger partial charge in [0.25, 0.3) is 0 Å². The van der Waals surface area contributed by atoms with Gasteiger partial charge in [-0.25, -0.2) is 0 Å². The molecule has 1 heteroatoms. The third-order valence-corrected chi connectivity index (χ3v) is 2.49. The van der Waals surface area contributed by atoms with Crippen molar-refractivity contribution in [3.05, 3.63) is 0 Å². The largest absolute Gasteiger partial charge is 0.291 e. The molecule has 0 spiro atoms. The van der Waals surface area contributed by atoms with E-state index in [0.29, 0.717) is 5.92 Å². The fourth-order valence-electron chi connectivity index (χ4n) is 1.15. The van der Waals surface area contributed by atoms with E-state index in [2.05, 4.69) is 20.8 Å². The van der Waals surface area contributed by atoms with Crippen molar-refractivity contribution in [1.29, 1.82) is 0 Å². The summed E-state index contributed by atoms with van der Waals surface area (Å²) < 4.78 is 0. The second kappa shape index (κ2) is 1.34. The summed E-state index contributed by atoms with van der Waals surface area (Å²) in [4.78, 5) is 10.1. The van der Waals surface area contributed by atoms with Crippen molar-refractivity contribution in [3.63, 3.8) is 0 Å². The monoisotopic (exact) mass is 111 g/mol. The molecule has 1 saturated carbocycles. The van der Waals surface area contributed by atoms with Crippen LogP contribution in [0.5, 0.6) is 0 Å². The Morgan fingerprint density at radius 1 is 1.50 bits per heavy atom. The molecule has 1 rings (SSSR count). The van der Waals surface area contributed by atoms with Gasteiger partial charge in [0.15, 0.2) is 0 Å². The molecular weight excluding hydrogens is 100 g/mol. The highest BCUT2D eigenvalue weighted by molar-refractivity contribution is 5.61. The standard InChI is InChI=1S/C7H11O/c1-5-6(4-8)7(5,2)3/h5-6H,1-3H3. The first-order valence-corrected chi connectivity index (χ1v) is 2.98. The molecule has 0 N–H and O–H groups in total. The second-order valence-corrected chi connectivity index (χ2v) is 3.21. The van der Waals surface area contributed by atoms with Crippen molar-refractivity contribution in [1.82, 2.24) is 0 Å². The highest BCUT2D eigenvalue weighted by Gasteiger charge is 2.54. The van der Waals surface area contributed by atoms with E-state index < -0.39 is 0 Å². The average Bonchev–Trinajstić information content (AvgIpc) is 2.09. The van der Waals surface area contributed by atoms with Crippen LogP contribution >= 0.6 is 0 Å². The van der Waals surface area contributed by atoms with Crippen molar-refractivity contribution in [2.24, 2.45) is 17.3 Å². The van der Waals surface area contributed by atoms with Crippen LogP contribution in [0.15, 0.2) is 0 Å². The molecule has 8 heavy (non-hydrogen) atoms. The zero-order chi connectivity index (χ0) is 6.36. The summed E-state index contributed by atoms with van der Waals surface area (Å²) in [6.07, 6.45) is 2.03. The molecule has 0 aromatic heterocycles. The van der Waals surface area contributed by atoms with Crippen LogP contribution in [0, 0.1) is 17.3 Å². The van der Waals surface area contributed by atoms with E-state index in [0.717, 1.165) is 0 Å². The van der Waals surface area contributed by atoms with Crippen LogP contribution in [0.1, 0.15) is 20.8 Å². The highest BCUT2D eigenvalue weighted by atomic mass is 16.1. The molecule has 1 aliphatic rings. The Bertz CT molecular complexity index is 116. The summed E-state index contributed by atoms with van der Waals surface area (Å²) in [5.41, 5.74) is 0.252. The molecule has 1 nitrogen and oxygen atoms in total. The summed E-state index contributed by atoms with van der Waals surface area (Å²) in [7, 11) is 0. The molecular formula is C7H11O. The Morgan fingerprint density at radius 2 is 1.88 bits per heavy atom. The van der Waals surface area contributed by atoms with E-state index in [1.807, 2.05) is 6.29 Å². The minimum absolute atomic E-state index is 0.211. The number of hydrogen-bond acceptors (Lipinski definition) is 1. The Hall–Kier alpha value is -0.330. The summed E-state index contributed by atoms with van der Waals surface area (Å²) in [6, 6.07) is 0. The lowest BCUT2D eigenvalue weighted by molar-refractivity contribution is 0.527. The molecule has 2 atom stereocenters. The first kappa shape index (κ1) is 5.80. The van der Waals surface area contributed by atoms with Gasteiger partial charge in [-0.15, -0.1) is 0 Å². The molecule has 1 aliphatic carbocycles. The second-order valence-electron chi connectivity index (χ2n) is 3.21. The van der Waals surface area contributed by atoms with Crippen molar-refractivity contribution in [2.75, 3.05) is 0 Å². The Labute approximate surface area is 50.1 Å².